The van der Waals surface area contributed by atoms with Gasteiger partial charge in [0.05, 0.1) is 21.3 Å². The first kappa shape index (κ1) is 22.8. The topological polar surface area (TPSA) is 91.2 Å². The number of rotatable bonds is 4. The maximum absolute atomic E-state index is 12.6. The molecule has 0 unspecified atom stereocenters. The molecule has 2 aromatic heterocycles. The van der Waals surface area contributed by atoms with E-state index in [0.717, 1.165) is 21.1 Å². The van der Waals surface area contributed by atoms with E-state index in [1.165, 1.54) is 6.33 Å². The SMILES string of the molecule is CC(C)(C)c1nc(-c2ccncn2)c(-c2cccc(N(O)C(=O)Nc3ccc(Cl)cc3)c2)s1. The van der Waals surface area contributed by atoms with Gasteiger partial charge in [0.2, 0.25) is 0 Å². The second kappa shape index (κ2) is 9.27. The van der Waals surface area contributed by atoms with Gasteiger partial charge in [-0.3, -0.25) is 5.21 Å². The first-order chi connectivity index (χ1) is 15.7. The molecule has 0 saturated carbocycles. The van der Waals surface area contributed by atoms with E-state index in [4.69, 9.17) is 16.6 Å². The van der Waals surface area contributed by atoms with Gasteiger partial charge in [0.15, 0.2) is 0 Å². The number of carbonyl (C=O) groups excluding carboxylic acids is 1. The molecular weight excluding hydrogens is 458 g/mol. The van der Waals surface area contributed by atoms with E-state index in [2.05, 4.69) is 36.1 Å². The third-order valence-corrected chi connectivity index (χ3v) is 6.52. The zero-order valence-corrected chi connectivity index (χ0v) is 19.9. The van der Waals surface area contributed by atoms with Crippen molar-refractivity contribution >= 4 is 40.3 Å². The zero-order valence-electron chi connectivity index (χ0n) is 18.3. The van der Waals surface area contributed by atoms with Crippen LogP contribution in [-0.4, -0.2) is 26.2 Å². The lowest BCUT2D eigenvalue weighted by molar-refractivity contribution is 0.216. The van der Waals surface area contributed by atoms with Crippen LogP contribution in [0.3, 0.4) is 0 Å². The average Bonchev–Trinajstić information content (AvgIpc) is 3.27. The first-order valence-electron chi connectivity index (χ1n) is 10.2. The van der Waals surface area contributed by atoms with Crippen molar-refractivity contribution in [1.29, 1.82) is 0 Å². The molecule has 2 amide bonds. The van der Waals surface area contributed by atoms with Crippen LogP contribution >= 0.6 is 22.9 Å². The minimum absolute atomic E-state index is 0.149. The third-order valence-electron chi connectivity index (χ3n) is 4.73. The minimum atomic E-state index is -0.690. The van der Waals surface area contributed by atoms with Gasteiger partial charge in [-0.25, -0.2) is 19.7 Å². The molecule has 0 spiro atoms. The Morgan fingerprint density at radius 2 is 1.88 bits per heavy atom. The quantitative estimate of drug-likeness (QED) is 0.252. The molecule has 0 radical (unpaired) electrons. The molecule has 0 aliphatic carbocycles. The summed E-state index contributed by atoms with van der Waals surface area (Å²) in [5.41, 5.74) is 2.94. The fourth-order valence-electron chi connectivity index (χ4n) is 3.05. The average molecular weight is 480 g/mol. The fourth-order valence-corrected chi connectivity index (χ4v) is 4.30. The molecule has 4 rings (SSSR count). The lowest BCUT2D eigenvalue weighted by Crippen LogP contribution is -2.31. The highest BCUT2D eigenvalue weighted by Gasteiger charge is 2.24. The summed E-state index contributed by atoms with van der Waals surface area (Å²) >= 11 is 7.45. The van der Waals surface area contributed by atoms with E-state index in [1.54, 1.807) is 60.0 Å². The number of nitrogens with one attached hydrogen (secondary N) is 1. The van der Waals surface area contributed by atoms with Gasteiger partial charge in [0, 0.05) is 22.3 Å². The second-order valence-corrected chi connectivity index (χ2v) is 9.78. The molecule has 0 atom stereocenters. The van der Waals surface area contributed by atoms with Crippen LogP contribution in [0.15, 0.2) is 67.1 Å². The molecule has 2 aromatic carbocycles. The standard InChI is InChI=1S/C24H22ClN5O2S/c1-24(2,3)22-29-20(19-11-12-26-14-27-19)21(33-22)15-5-4-6-18(13-15)30(32)23(31)28-17-9-7-16(25)8-10-17/h4-14,32H,1-3H3,(H,28,31). The number of halogens is 1. The Labute approximate surface area is 200 Å². The van der Waals surface area contributed by atoms with Crippen molar-refractivity contribution in [1.82, 2.24) is 15.0 Å². The van der Waals surface area contributed by atoms with Gasteiger partial charge in [-0.1, -0.05) is 44.5 Å². The van der Waals surface area contributed by atoms with Gasteiger partial charge >= 0.3 is 6.03 Å². The Morgan fingerprint density at radius 3 is 2.55 bits per heavy atom. The Balaban J connectivity index is 1.68. The predicted octanol–water partition coefficient (Wildman–Crippen LogP) is 6.65. The van der Waals surface area contributed by atoms with Gasteiger partial charge in [-0.05, 0) is 48.0 Å². The summed E-state index contributed by atoms with van der Waals surface area (Å²) in [5, 5.41) is 15.3. The van der Waals surface area contributed by atoms with E-state index in [1.807, 2.05) is 12.1 Å². The van der Waals surface area contributed by atoms with Crippen molar-refractivity contribution in [3.63, 3.8) is 0 Å². The molecule has 7 nitrogen and oxygen atoms in total. The molecule has 0 fully saturated rings. The molecular formula is C24H22ClN5O2S. The van der Waals surface area contributed by atoms with Crippen LogP contribution in [0.2, 0.25) is 5.02 Å². The summed E-state index contributed by atoms with van der Waals surface area (Å²) in [5.74, 6) is 0. The molecule has 0 aliphatic rings. The van der Waals surface area contributed by atoms with Gasteiger partial charge in [0.1, 0.15) is 12.0 Å². The number of hydrogen-bond acceptors (Lipinski definition) is 6. The number of hydrogen-bond donors (Lipinski definition) is 2. The number of thiazole rings is 1. The van der Waals surface area contributed by atoms with Gasteiger partial charge in [-0.15, -0.1) is 11.3 Å². The van der Waals surface area contributed by atoms with Crippen LogP contribution in [0.25, 0.3) is 21.8 Å². The molecule has 0 aliphatic heterocycles. The molecule has 9 heteroatoms. The summed E-state index contributed by atoms with van der Waals surface area (Å²) in [6.45, 7) is 6.31. The Kier molecular flexibility index (Phi) is 6.42. The summed E-state index contributed by atoms with van der Waals surface area (Å²) in [6.07, 6.45) is 3.16. The number of hydroxylamine groups is 1. The van der Waals surface area contributed by atoms with Crippen LogP contribution in [0, 0.1) is 0 Å². The number of benzene rings is 2. The lowest BCUT2D eigenvalue weighted by atomic mass is 9.98. The van der Waals surface area contributed by atoms with E-state index in [-0.39, 0.29) is 5.41 Å². The van der Waals surface area contributed by atoms with E-state index in [0.29, 0.717) is 27.2 Å². The predicted molar refractivity (Wildman–Crippen MR) is 132 cm³/mol. The Morgan fingerprint density at radius 1 is 1.12 bits per heavy atom. The molecule has 33 heavy (non-hydrogen) atoms. The van der Waals surface area contributed by atoms with E-state index in [9.17, 15) is 10.0 Å². The summed E-state index contributed by atoms with van der Waals surface area (Å²) in [6, 6.07) is 14.8. The number of aromatic nitrogens is 3. The van der Waals surface area contributed by atoms with Crippen LogP contribution in [0.1, 0.15) is 25.8 Å². The summed E-state index contributed by atoms with van der Waals surface area (Å²) in [4.78, 5) is 26.7. The highest BCUT2D eigenvalue weighted by Crippen LogP contribution is 2.40. The van der Waals surface area contributed by atoms with Crippen molar-refractivity contribution in [2.24, 2.45) is 0 Å². The van der Waals surface area contributed by atoms with Crippen molar-refractivity contribution in [2.45, 2.75) is 26.2 Å². The van der Waals surface area contributed by atoms with E-state index >= 15 is 0 Å². The zero-order chi connectivity index (χ0) is 23.6. The molecule has 168 valence electrons. The first-order valence-corrected chi connectivity index (χ1v) is 11.4. The normalized spacial score (nSPS) is 11.3. The smallest absolute Gasteiger partial charge is 0.306 e. The van der Waals surface area contributed by atoms with Gasteiger partial charge in [-0.2, -0.15) is 5.06 Å². The maximum atomic E-state index is 12.6. The number of urea groups is 1. The van der Waals surface area contributed by atoms with Crippen LogP contribution < -0.4 is 10.4 Å². The van der Waals surface area contributed by atoms with Crippen molar-refractivity contribution in [3.8, 4) is 21.8 Å². The lowest BCUT2D eigenvalue weighted by Gasteiger charge is -2.17. The highest BCUT2D eigenvalue weighted by molar-refractivity contribution is 7.15. The van der Waals surface area contributed by atoms with Gasteiger partial charge < -0.3 is 5.32 Å². The molecule has 0 saturated heterocycles. The van der Waals surface area contributed by atoms with Crippen LogP contribution in [-0.2, 0) is 5.41 Å². The van der Waals surface area contributed by atoms with Crippen molar-refractivity contribution in [3.05, 3.63) is 77.2 Å². The molecule has 2 N–H and O–H groups in total. The Hall–Kier alpha value is -3.33. The van der Waals surface area contributed by atoms with Crippen molar-refractivity contribution in [2.75, 3.05) is 10.4 Å². The van der Waals surface area contributed by atoms with Gasteiger partial charge in [0.25, 0.3) is 0 Å². The molecule has 2 heterocycles. The van der Waals surface area contributed by atoms with Crippen molar-refractivity contribution < 1.29 is 10.0 Å². The number of amides is 2. The monoisotopic (exact) mass is 479 g/mol. The second-order valence-electron chi connectivity index (χ2n) is 8.34. The number of carbonyl (C=O) groups is 1. The third kappa shape index (κ3) is 5.19. The number of anilines is 2. The summed E-state index contributed by atoms with van der Waals surface area (Å²) < 4.78 is 0. The largest absolute Gasteiger partial charge is 0.350 e. The maximum Gasteiger partial charge on any atom is 0.350 e. The Bertz CT molecular complexity index is 1270. The minimum Gasteiger partial charge on any atom is -0.306 e. The summed E-state index contributed by atoms with van der Waals surface area (Å²) in [7, 11) is 0. The number of nitrogens with zero attached hydrogens (tertiary/aromatic N) is 4. The molecule has 4 aromatic rings. The fraction of sp³-hybridized carbons (Fsp3) is 0.167. The van der Waals surface area contributed by atoms with Crippen LogP contribution in [0.5, 0.6) is 0 Å². The highest BCUT2D eigenvalue weighted by atomic mass is 35.5. The molecule has 0 bridgehead atoms. The van der Waals surface area contributed by atoms with E-state index < -0.39 is 6.03 Å². The van der Waals surface area contributed by atoms with Crippen LogP contribution in [0.4, 0.5) is 16.2 Å².